The lowest BCUT2D eigenvalue weighted by molar-refractivity contribution is -0.145. The number of pyridine rings is 2. The zero-order chi connectivity index (χ0) is 37.5. The number of anilines is 1. The van der Waals surface area contributed by atoms with Crippen LogP contribution in [0.25, 0.3) is 5.69 Å². The van der Waals surface area contributed by atoms with Crippen molar-refractivity contribution >= 4 is 40.8 Å². The summed E-state index contributed by atoms with van der Waals surface area (Å²) >= 11 is 12.4. The molecular formula is C34H27Cl2F2N5O9. The summed E-state index contributed by atoms with van der Waals surface area (Å²) in [5.74, 6) is -3.93. The molecule has 5 rings (SSSR count). The molecule has 5 aromatic rings. The average Bonchev–Trinajstić information content (AvgIpc) is 3.10. The maximum absolute atomic E-state index is 15.0. The Kier molecular flexibility index (Phi) is 11.7. The number of hydrogen-bond donors (Lipinski definition) is 1. The third kappa shape index (κ3) is 8.65. The molecule has 0 saturated carbocycles. The predicted octanol–water partition coefficient (Wildman–Crippen LogP) is 5.76. The van der Waals surface area contributed by atoms with Gasteiger partial charge < -0.3 is 33.6 Å². The minimum absolute atomic E-state index is 0.0328. The van der Waals surface area contributed by atoms with E-state index in [2.05, 4.69) is 15.3 Å². The quantitative estimate of drug-likeness (QED) is 0.145. The van der Waals surface area contributed by atoms with Crippen LogP contribution in [-0.4, -0.2) is 50.8 Å². The lowest BCUT2D eigenvalue weighted by Crippen LogP contribution is -2.38. The SMILES string of the molecule is CCOC(=O)COc1ncccc1Oc1cc(NC(=O)COc2ncccc2Oc2cc(-n3c(=O)cc(C)n(C)c3=O)c(F)cc2Cl)c(F)cc1Cl. The third-order valence-electron chi connectivity index (χ3n) is 6.98. The molecule has 270 valence electrons. The van der Waals surface area contributed by atoms with Gasteiger partial charge in [0.15, 0.2) is 24.7 Å². The number of carbonyl (C=O) groups excluding carboxylic acids is 2. The molecule has 0 aliphatic heterocycles. The summed E-state index contributed by atoms with van der Waals surface area (Å²) in [5.41, 5.74) is -1.96. The van der Waals surface area contributed by atoms with Crippen LogP contribution in [-0.2, 0) is 21.4 Å². The molecule has 2 aromatic carbocycles. The van der Waals surface area contributed by atoms with Gasteiger partial charge in [0.25, 0.3) is 23.2 Å². The molecule has 0 aliphatic rings. The Morgan fingerprint density at radius 3 is 2.02 bits per heavy atom. The summed E-state index contributed by atoms with van der Waals surface area (Å²) in [6.07, 6.45) is 2.73. The molecule has 0 spiro atoms. The van der Waals surface area contributed by atoms with Gasteiger partial charge in [-0.2, -0.15) is 0 Å². The van der Waals surface area contributed by atoms with Crippen LogP contribution in [0.5, 0.6) is 34.8 Å². The Morgan fingerprint density at radius 2 is 1.40 bits per heavy atom. The van der Waals surface area contributed by atoms with Crippen LogP contribution in [0, 0.1) is 18.6 Å². The van der Waals surface area contributed by atoms with E-state index in [9.17, 15) is 23.6 Å². The van der Waals surface area contributed by atoms with E-state index in [1.807, 2.05) is 0 Å². The first-order valence-electron chi connectivity index (χ1n) is 15.1. The molecule has 3 heterocycles. The maximum atomic E-state index is 15.0. The van der Waals surface area contributed by atoms with E-state index in [1.165, 1.54) is 54.3 Å². The van der Waals surface area contributed by atoms with Crippen molar-refractivity contribution < 1.29 is 42.1 Å². The average molecular weight is 759 g/mol. The molecule has 0 bridgehead atoms. The predicted molar refractivity (Wildman–Crippen MR) is 183 cm³/mol. The van der Waals surface area contributed by atoms with Crippen LogP contribution in [0.2, 0.25) is 10.0 Å². The van der Waals surface area contributed by atoms with E-state index >= 15 is 4.39 Å². The van der Waals surface area contributed by atoms with Gasteiger partial charge in [0.05, 0.1) is 28.0 Å². The lowest BCUT2D eigenvalue weighted by Gasteiger charge is -2.15. The standard InChI is InChI=1S/C34H27Cl2F2N5O9/c1-4-48-31(46)17-50-33-26(8-6-10-40-33)51-27-14-23(21(37)12-19(27)35)41-29(44)16-49-32-25(7-5-9-39-32)52-28-15-24(22(38)13-20(28)36)43-30(45)11-18(2)42(3)34(43)47/h5-15H,4,16-17H2,1-3H3,(H,41,44). The van der Waals surface area contributed by atoms with Crippen molar-refractivity contribution in [3.05, 3.63) is 115 Å². The van der Waals surface area contributed by atoms with Crippen LogP contribution in [0.15, 0.2) is 76.6 Å². The Balaban J connectivity index is 1.30. The highest BCUT2D eigenvalue weighted by molar-refractivity contribution is 6.32. The summed E-state index contributed by atoms with van der Waals surface area (Å²) in [5, 5.41) is 1.98. The van der Waals surface area contributed by atoms with E-state index < -0.39 is 53.7 Å². The molecule has 14 nitrogen and oxygen atoms in total. The van der Waals surface area contributed by atoms with Crippen molar-refractivity contribution in [2.45, 2.75) is 13.8 Å². The molecule has 18 heteroatoms. The second-order valence-corrected chi connectivity index (χ2v) is 11.4. The Morgan fingerprint density at radius 1 is 0.827 bits per heavy atom. The van der Waals surface area contributed by atoms with Crippen molar-refractivity contribution in [2.75, 3.05) is 25.1 Å². The van der Waals surface area contributed by atoms with Gasteiger partial charge >= 0.3 is 11.7 Å². The first-order valence-corrected chi connectivity index (χ1v) is 15.9. The maximum Gasteiger partial charge on any atom is 0.344 e. The van der Waals surface area contributed by atoms with Crippen LogP contribution >= 0.6 is 23.2 Å². The van der Waals surface area contributed by atoms with Crippen molar-refractivity contribution in [3.8, 4) is 40.4 Å². The number of esters is 1. The Labute approximate surface area is 303 Å². The largest absolute Gasteiger partial charge is 0.465 e. The molecule has 52 heavy (non-hydrogen) atoms. The number of aromatic nitrogens is 4. The highest BCUT2D eigenvalue weighted by atomic mass is 35.5. The first kappa shape index (κ1) is 37.3. The van der Waals surface area contributed by atoms with Gasteiger partial charge in [0.1, 0.15) is 23.1 Å². The fourth-order valence-electron chi connectivity index (χ4n) is 4.44. The zero-order valence-electron chi connectivity index (χ0n) is 27.4. The van der Waals surface area contributed by atoms with Gasteiger partial charge in [-0.05, 0) is 50.2 Å². The summed E-state index contributed by atoms with van der Waals surface area (Å²) < 4.78 is 59.0. The highest BCUT2D eigenvalue weighted by Gasteiger charge is 2.20. The van der Waals surface area contributed by atoms with Gasteiger partial charge in [0.2, 0.25) is 0 Å². The Bertz CT molecular complexity index is 2280. The second kappa shape index (κ2) is 16.3. The van der Waals surface area contributed by atoms with Gasteiger partial charge in [0, 0.05) is 43.3 Å². The summed E-state index contributed by atoms with van der Waals surface area (Å²) in [4.78, 5) is 58.2. The van der Waals surface area contributed by atoms with Crippen LogP contribution < -0.4 is 35.5 Å². The van der Waals surface area contributed by atoms with Gasteiger partial charge in [-0.15, -0.1) is 0 Å². The molecule has 0 atom stereocenters. The number of rotatable bonds is 13. The second-order valence-electron chi connectivity index (χ2n) is 10.5. The molecule has 0 aliphatic carbocycles. The van der Waals surface area contributed by atoms with Crippen LogP contribution in [0.3, 0.4) is 0 Å². The number of aryl methyl sites for hydroxylation is 1. The third-order valence-corrected chi connectivity index (χ3v) is 7.57. The van der Waals surface area contributed by atoms with E-state index in [4.69, 9.17) is 46.9 Å². The minimum atomic E-state index is -0.967. The van der Waals surface area contributed by atoms with Crippen LogP contribution in [0.4, 0.5) is 14.5 Å². The van der Waals surface area contributed by atoms with E-state index in [-0.39, 0.29) is 57.1 Å². The van der Waals surface area contributed by atoms with Crippen molar-refractivity contribution in [2.24, 2.45) is 7.05 Å². The monoisotopic (exact) mass is 757 g/mol. The lowest BCUT2D eigenvalue weighted by atomic mass is 10.2. The molecule has 1 amide bonds. The number of nitrogens with zero attached hydrogens (tertiary/aromatic N) is 4. The smallest absolute Gasteiger partial charge is 0.344 e. The molecule has 0 fully saturated rings. The van der Waals surface area contributed by atoms with Gasteiger partial charge in [-0.1, -0.05) is 23.2 Å². The van der Waals surface area contributed by atoms with Crippen LogP contribution in [0.1, 0.15) is 12.6 Å². The molecule has 0 radical (unpaired) electrons. The molecule has 3 aromatic heterocycles. The fraction of sp³-hybridized carbons (Fsp3) is 0.176. The van der Waals surface area contributed by atoms with Gasteiger partial charge in [-0.3, -0.25) is 9.59 Å². The van der Waals surface area contributed by atoms with E-state index in [0.29, 0.717) is 10.3 Å². The molecular weight excluding hydrogens is 731 g/mol. The number of nitrogens with one attached hydrogen (secondary N) is 1. The topological polar surface area (TPSA) is 162 Å². The molecule has 1 N–H and O–H groups in total. The Hall–Kier alpha value is -6.00. The summed E-state index contributed by atoms with van der Waals surface area (Å²) in [6.45, 7) is 2.21. The zero-order valence-corrected chi connectivity index (χ0v) is 29.0. The van der Waals surface area contributed by atoms with Gasteiger partial charge in [-0.25, -0.2) is 32.9 Å². The number of amides is 1. The first-order chi connectivity index (χ1) is 24.9. The van der Waals surface area contributed by atoms with Crippen molar-refractivity contribution in [1.82, 2.24) is 19.1 Å². The number of ether oxygens (including phenoxy) is 5. The number of hydrogen-bond acceptors (Lipinski definition) is 11. The van der Waals surface area contributed by atoms with E-state index in [1.54, 1.807) is 13.8 Å². The minimum Gasteiger partial charge on any atom is -0.465 e. The number of carbonyl (C=O) groups is 2. The molecule has 0 saturated heterocycles. The normalized spacial score (nSPS) is 10.8. The van der Waals surface area contributed by atoms with E-state index in [0.717, 1.165) is 24.3 Å². The van der Waals surface area contributed by atoms with Crippen molar-refractivity contribution in [1.29, 1.82) is 0 Å². The molecule has 0 unspecified atom stereocenters. The summed E-state index contributed by atoms with van der Waals surface area (Å²) in [7, 11) is 1.42. The fourth-order valence-corrected chi connectivity index (χ4v) is 4.82. The summed E-state index contributed by atoms with van der Waals surface area (Å²) in [6, 6.07) is 11.0. The highest BCUT2D eigenvalue weighted by Crippen LogP contribution is 2.38. The van der Waals surface area contributed by atoms with Crippen molar-refractivity contribution in [3.63, 3.8) is 0 Å². The number of benzene rings is 2. The number of halogens is 4.